The molecule has 0 saturated carbocycles. The van der Waals surface area contributed by atoms with Gasteiger partial charge in [-0.1, -0.05) is 89.8 Å². The van der Waals surface area contributed by atoms with Crippen LogP contribution in [-0.2, 0) is 19.3 Å². The summed E-state index contributed by atoms with van der Waals surface area (Å²) >= 11 is 0. The molecule has 0 radical (unpaired) electrons. The van der Waals surface area contributed by atoms with Crippen LogP contribution < -0.4 is 19.9 Å². The number of ether oxygens (including phenoxy) is 1. The highest BCUT2D eigenvalue weighted by atomic mass is 16.5. The van der Waals surface area contributed by atoms with E-state index in [4.69, 9.17) is 4.74 Å². The summed E-state index contributed by atoms with van der Waals surface area (Å²) in [7, 11) is 1.74. The van der Waals surface area contributed by atoms with E-state index in [1.165, 1.54) is 137 Å². The van der Waals surface area contributed by atoms with E-state index in [1.807, 2.05) is 0 Å². The van der Waals surface area contributed by atoms with Crippen molar-refractivity contribution in [1.82, 2.24) is 0 Å². The first-order valence-corrected chi connectivity index (χ1v) is 17.7. The number of aryl methyl sites for hydroxylation is 3. The highest BCUT2D eigenvalue weighted by molar-refractivity contribution is 5.58. The summed E-state index contributed by atoms with van der Waals surface area (Å²) in [6.07, 6.45) is 15.3. The summed E-state index contributed by atoms with van der Waals surface area (Å²) in [5.41, 5.74) is 8.67. The summed E-state index contributed by atoms with van der Waals surface area (Å²) in [5.74, 6) is 0.982. The first-order chi connectivity index (χ1) is 21.6. The number of hydrogen-bond donors (Lipinski definition) is 1. The van der Waals surface area contributed by atoms with E-state index >= 15 is 0 Å². The number of methoxy groups -OCH3 is 1. The second-order valence-electron chi connectivity index (χ2n) is 12.2. The van der Waals surface area contributed by atoms with Crippen LogP contribution in [0, 0.1) is 0 Å². The fraction of sp³-hybridized carbons (Fsp3) is 0.550. The largest absolute Gasteiger partial charge is 0.497 e. The molecule has 4 heteroatoms. The van der Waals surface area contributed by atoms with Crippen LogP contribution in [0.3, 0.4) is 0 Å². The monoisotopic (exact) mass is 599 g/mol. The maximum absolute atomic E-state index is 5.28. The van der Waals surface area contributed by atoms with Crippen LogP contribution in [0.2, 0.25) is 0 Å². The maximum Gasteiger partial charge on any atom is 0.119 e. The summed E-state index contributed by atoms with van der Waals surface area (Å²) in [5, 5.41) is 3.36. The Morgan fingerprint density at radius 1 is 0.614 bits per heavy atom. The molecular weight excluding hydrogens is 538 g/mol. The molecule has 0 spiro atoms. The molecule has 0 unspecified atom stereocenters. The van der Waals surface area contributed by atoms with Crippen molar-refractivity contribution in [2.24, 2.45) is 0 Å². The zero-order chi connectivity index (χ0) is 31.4. The summed E-state index contributed by atoms with van der Waals surface area (Å²) < 4.78 is 5.28. The van der Waals surface area contributed by atoms with E-state index in [0.29, 0.717) is 0 Å². The number of para-hydroxylation sites is 2. The van der Waals surface area contributed by atoms with Gasteiger partial charge in [0, 0.05) is 49.8 Å². The quantitative estimate of drug-likeness (QED) is 0.279. The lowest BCUT2D eigenvalue weighted by Gasteiger charge is -2.31. The van der Waals surface area contributed by atoms with Crippen molar-refractivity contribution in [3.8, 4) is 5.75 Å². The minimum atomic E-state index is 0.982. The molecule has 0 atom stereocenters. The van der Waals surface area contributed by atoms with E-state index < -0.39 is 0 Å². The summed E-state index contributed by atoms with van der Waals surface area (Å²) in [6.45, 7) is 14.9. The third kappa shape index (κ3) is 11.4. The number of nitrogens with zero attached hydrogens (tertiary/aromatic N) is 2. The smallest absolute Gasteiger partial charge is 0.119 e. The van der Waals surface area contributed by atoms with E-state index in [-0.39, 0.29) is 0 Å². The molecule has 6 rings (SSSR count). The maximum atomic E-state index is 5.28. The lowest BCUT2D eigenvalue weighted by Crippen LogP contribution is -2.30. The van der Waals surface area contributed by atoms with Crippen LogP contribution in [0.5, 0.6) is 5.75 Å². The van der Waals surface area contributed by atoms with Gasteiger partial charge in [0.2, 0.25) is 0 Å². The molecule has 3 aromatic rings. The molecule has 0 fully saturated rings. The molecular formula is C40H61N3O. The molecule has 242 valence electrons. The third-order valence-corrected chi connectivity index (χ3v) is 8.73. The van der Waals surface area contributed by atoms with Gasteiger partial charge >= 0.3 is 0 Å². The lowest BCUT2D eigenvalue weighted by molar-refractivity contribution is 0.414. The molecule has 0 aromatic heterocycles. The van der Waals surface area contributed by atoms with Gasteiger partial charge in [-0.15, -0.1) is 0 Å². The Hall–Kier alpha value is -3.14. The Morgan fingerprint density at radius 2 is 1.18 bits per heavy atom. The standard InChI is InChI=1S/C14H21NO.C13H19N.C9H11N.C4H10/c1-3-4-9-15-10-5-6-12-11-13(16-2)7-8-14(12)15;1-2-3-10-14-11-6-8-12-7-4-5-9-13(12)14;1-2-6-9-8(4-1)5-3-7-10-9;1-3-4-2/h7-8,11H,3-6,9-10H2,1-2H3;4-5,7,9H,2-3,6,8,10-11H2,1H3;1-2,4,6,10H,3,5,7H2;3-4H2,1-2H3. The Morgan fingerprint density at radius 3 is 1.80 bits per heavy atom. The Bertz CT molecular complexity index is 1170. The average Bonchev–Trinajstić information content (AvgIpc) is 3.10. The third-order valence-electron chi connectivity index (χ3n) is 8.73. The molecule has 3 aromatic carbocycles. The fourth-order valence-corrected chi connectivity index (χ4v) is 5.97. The van der Waals surface area contributed by atoms with Crippen molar-refractivity contribution >= 4 is 17.1 Å². The second-order valence-corrected chi connectivity index (χ2v) is 12.2. The molecule has 3 heterocycles. The SMILES string of the molecule is CCCC.CCCCN1CCCc2cc(OC)ccc21.CCCCN1CCCc2ccccc21.c1ccc2c(c1)CCCN2. The molecule has 3 aliphatic rings. The molecule has 0 bridgehead atoms. The molecule has 4 nitrogen and oxygen atoms in total. The van der Waals surface area contributed by atoms with Crippen LogP contribution in [0.4, 0.5) is 17.1 Å². The normalized spacial score (nSPS) is 14.5. The number of unbranched alkanes of at least 4 members (excludes halogenated alkanes) is 3. The number of anilines is 3. The predicted molar refractivity (Wildman–Crippen MR) is 194 cm³/mol. The van der Waals surface area contributed by atoms with Crippen LogP contribution in [-0.4, -0.2) is 39.8 Å². The number of fused-ring (bicyclic) bond motifs is 3. The van der Waals surface area contributed by atoms with Crippen molar-refractivity contribution in [3.05, 3.63) is 83.4 Å². The topological polar surface area (TPSA) is 27.7 Å². The van der Waals surface area contributed by atoms with Crippen molar-refractivity contribution in [2.75, 3.05) is 55.0 Å². The minimum Gasteiger partial charge on any atom is -0.497 e. The molecule has 44 heavy (non-hydrogen) atoms. The first kappa shape index (κ1) is 35.3. The second kappa shape index (κ2) is 20.7. The van der Waals surface area contributed by atoms with Crippen LogP contribution in [0.25, 0.3) is 0 Å². The molecule has 1 N–H and O–H groups in total. The highest BCUT2D eigenvalue weighted by Crippen LogP contribution is 2.30. The molecule has 0 amide bonds. The highest BCUT2D eigenvalue weighted by Gasteiger charge is 2.17. The molecule has 3 aliphatic heterocycles. The number of benzene rings is 3. The van der Waals surface area contributed by atoms with Gasteiger partial charge in [-0.05, 0) is 98.4 Å². The van der Waals surface area contributed by atoms with Crippen LogP contribution >= 0.6 is 0 Å². The van der Waals surface area contributed by atoms with Gasteiger partial charge in [0.1, 0.15) is 5.75 Å². The number of hydrogen-bond acceptors (Lipinski definition) is 4. The minimum absolute atomic E-state index is 0.982. The van der Waals surface area contributed by atoms with Gasteiger partial charge in [-0.25, -0.2) is 0 Å². The van der Waals surface area contributed by atoms with Gasteiger partial charge in [0.05, 0.1) is 7.11 Å². The zero-order valence-corrected chi connectivity index (χ0v) is 28.7. The van der Waals surface area contributed by atoms with Crippen LogP contribution in [0.15, 0.2) is 66.7 Å². The molecule has 0 saturated heterocycles. The van der Waals surface area contributed by atoms with Crippen molar-refractivity contribution in [2.45, 2.75) is 105 Å². The van der Waals surface area contributed by atoms with Crippen LogP contribution in [0.1, 0.15) is 102 Å². The van der Waals surface area contributed by atoms with E-state index in [2.05, 4.69) is 110 Å². The number of nitrogens with one attached hydrogen (secondary N) is 1. The van der Waals surface area contributed by atoms with Gasteiger partial charge in [0.15, 0.2) is 0 Å². The Kier molecular flexibility index (Phi) is 16.7. The Balaban J connectivity index is 0.000000173. The van der Waals surface area contributed by atoms with E-state index in [9.17, 15) is 0 Å². The Labute approximate surface area is 270 Å². The van der Waals surface area contributed by atoms with Gasteiger partial charge in [-0.3, -0.25) is 0 Å². The van der Waals surface area contributed by atoms with Gasteiger partial charge in [0.25, 0.3) is 0 Å². The predicted octanol–water partition coefficient (Wildman–Crippen LogP) is 10.3. The lowest BCUT2D eigenvalue weighted by atomic mass is 10.0. The van der Waals surface area contributed by atoms with E-state index in [1.54, 1.807) is 7.11 Å². The van der Waals surface area contributed by atoms with Crippen molar-refractivity contribution in [1.29, 1.82) is 0 Å². The van der Waals surface area contributed by atoms with Crippen molar-refractivity contribution < 1.29 is 4.74 Å². The first-order valence-electron chi connectivity index (χ1n) is 17.7. The number of rotatable bonds is 8. The molecule has 0 aliphatic carbocycles. The summed E-state index contributed by atoms with van der Waals surface area (Å²) in [4.78, 5) is 5.06. The van der Waals surface area contributed by atoms with Gasteiger partial charge in [-0.2, -0.15) is 0 Å². The average molecular weight is 600 g/mol. The van der Waals surface area contributed by atoms with E-state index in [0.717, 1.165) is 12.3 Å². The van der Waals surface area contributed by atoms with Crippen molar-refractivity contribution in [3.63, 3.8) is 0 Å². The zero-order valence-electron chi connectivity index (χ0n) is 28.7. The van der Waals surface area contributed by atoms with Gasteiger partial charge < -0.3 is 19.9 Å². The fourth-order valence-electron chi connectivity index (χ4n) is 5.97. The summed E-state index contributed by atoms with van der Waals surface area (Å²) in [6, 6.07) is 23.8.